The third-order valence-corrected chi connectivity index (χ3v) is 5.97. The Bertz CT molecular complexity index is 841. The number of methoxy groups -OCH3 is 1. The van der Waals surface area contributed by atoms with E-state index in [-0.39, 0.29) is 0 Å². The second kappa shape index (κ2) is 8.01. The van der Waals surface area contributed by atoms with E-state index in [1.165, 1.54) is 5.01 Å². The van der Waals surface area contributed by atoms with Gasteiger partial charge in [-0.15, -0.1) is 21.5 Å². The fourth-order valence-corrected chi connectivity index (χ4v) is 4.28. The monoisotopic (exact) mass is 374 g/mol. The van der Waals surface area contributed by atoms with Gasteiger partial charge in [0.1, 0.15) is 5.75 Å². The Morgan fingerprint density at radius 1 is 1.28 bits per heavy atom. The molecule has 0 N–H and O–H groups in total. The Kier molecular flexibility index (Phi) is 5.75. The van der Waals surface area contributed by atoms with Gasteiger partial charge < -0.3 is 9.30 Å². The lowest BCUT2D eigenvalue weighted by molar-refractivity contribution is 0.415. The number of thiazole rings is 1. The van der Waals surface area contributed by atoms with Crippen LogP contribution in [0.2, 0.25) is 0 Å². The van der Waals surface area contributed by atoms with Crippen molar-refractivity contribution in [1.82, 2.24) is 19.7 Å². The second-order valence-electron chi connectivity index (χ2n) is 5.90. The molecule has 0 fully saturated rings. The summed E-state index contributed by atoms with van der Waals surface area (Å²) < 4.78 is 7.45. The maximum Gasteiger partial charge on any atom is 0.191 e. The molecule has 3 aromatic rings. The molecular formula is C18H22N4OS2. The summed E-state index contributed by atoms with van der Waals surface area (Å²) in [5, 5.41) is 13.0. The van der Waals surface area contributed by atoms with Gasteiger partial charge in [0, 0.05) is 29.2 Å². The van der Waals surface area contributed by atoms with E-state index in [1.807, 2.05) is 24.3 Å². The summed E-state index contributed by atoms with van der Waals surface area (Å²) in [5.41, 5.74) is 2.11. The third kappa shape index (κ3) is 4.04. The molecule has 0 unspecified atom stereocenters. The van der Waals surface area contributed by atoms with Gasteiger partial charge in [0.25, 0.3) is 0 Å². The molecule has 0 aliphatic carbocycles. The lowest BCUT2D eigenvalue weighted by atomic mass is 10.2. The molecule has 0 aliphatic heterocycles. The van der Waals surface area contributed by atoms with Crippen LogP contribution in [0.25, 0.3) is 11.4 Å². The van der Waals surface area contributed by atoms with Gasteiger partial charge in [0.05, 0.1) is 17.8 Å². The topological polar surface area (TPSA) is 52.8 Å². The van der Waals surface area contributed by atoms with E-state index >= 15 is 0 Å². The van der Waals surface area contributed by atoms with Crippen molar-refractivity contribution in [3.8, 4) is 17.1 Å². The van der Waals surface area contributed by atoms with Gasteiger partial charge in [-0.05, 0) is 19.1 Å². The molecule has 1 aromatic carbocycles. The summed E-state index contributed by atoms with van der Waals surface area (Å²) in [5.74, 6) is 2.97. The highest BCUT2D eigenvalue weighted by Crippen LogP contribution is 2.29. The Morgan fingerprint density at radius 2 is 2.12 bits per heavy atom. The highest BCUT2D eigenvalue weighted by Gasteiger charge is 2.15. The maximum absolute atomic E-state index is 5.31. The van der Waals surface area contributed by atoms with Crippen LogP contribution in [0.4, 0.5) is 0 Å². The standard InChI is InChI=1S/C18H22N4OS2/c1-5-22-16(13-7-6-8-15(9-13)23-4)20-21-18(22)25-11-14-10-24-17(19-14)12(2)3/h6-10,12H,5,11H2,1-4H3. The lowest BCUT2D eigenvalue weighted by Crippen LogP contribution is -2.00. The fourth-order valence-electron chi connectivity index (χ4n) is 2.45. The molecule has 7 heteroatoms. The molecule has 0 bridgehead atoms. The average molecular weight is 375 g/mol. The number of thioether (sulfide) groups is 1. The van der Waals surface area contributed by atoms with Crippen LogP contribution >= 0.6 is 23.1 Å². The molecule has 25 heavy (non-hydrogen) atoms. The Hall–Kier alpha value is -1.86. The minimum Gasteiger partial charge on any atom is -0.497 e. The number of hydrogen-bond acceptors (Lipinski definition) is 6. The normalized spacial score (nSPS) is 11.2. The summed E-state index contributed by atoms with van der Waals surface area (Å²) in [6, 6.07) is 7.92. The zero-order valence-electron chi connectivity index (χ0n) is 14.9. The first-order valence-electron chi connectivity index (χ1n) is 8.27. The van der Waals surface area contributed by atoms with Crippen molar-refractivity contribution >= 4 is 23.1 Å². The maximum atomic E-state index is 5.31. The van der Waals surface area contributed by atoms with E-state index in [4.69, 9.17) is 9.72 Å². The van der Waals surface area contributed by atoms with Crippen molar-refractivity contribution in [2.75, 3.05) is 7.11 Å². The van der Waals surface area contributed by atoms with Gasteiger partial charge in [0.15, 0.2) is 11.0 Å². The zero-order chi connectivity index (χ0) is 17.8. The molecule has 0 atom stereocenters. The fraction of sp³-hybridized carbons (Fsp3) is 0.389. The summed E-state index contributed by atoms with van der Waals surface area (Å²) in [4.78, 5) is 4.69. The lowest BCUT2D eigenvalue weighted by Gasteiger charge is -2.08. The predicted molar refractivity (Wildman–Crippen MR) is 103 cm³/mol. The molecule has 2 aromatic heterocycles. The van der Waals surface area contributed by atoms with Crippen LogP contribution in [0.5, 0.6) is 5.75 Å². The van der Waals surface area contributed by atoms with Gasteiger partial charge in [-0.2, -0.15) is 0 Å². The van der Waals surface area contributed by atoms with Crippen LogP contribution in [0.1, 0.15) is 37.4 Å². The Labute approximate surface area is 156 Å². The average Bonchev–Trinajstić information content (AvgIpc) is 3.26. The third-order valence-electron chi connectivity index (χ3n) is 3.77. The summed E-state index contributed by atoms with van der Waals surface area (Å²) >= 11 is 3.41. The summed E-state index contributed by atoms with van der Waals surface area (Å²) in [7, 11) is 1.67. The number of ether oxygens (including phenoxy) is 1. The van der Waals surface area contributed by atoms with E-state index in [9.17, 15) is 0 Å². The van der Waals surface area contributed by atoms with E-state index in [0.29, 0.717) is 5.92 Å². The van der Waals surface area contributed by atoms with Crippen LogP contribution in [0.3, 0.4) is 0 Å². The van der Waals surface area contributed by atoms with E-state index in [0.717, 1.165) is 40.3 Å². The molecule has 2 heterocycles. The number of benzene rings is 1. The predicted octanol–water partition coefficient (Wildman–Crippen LogP) is 4.85. The van der Waals surface area contributed by atoms with E-state index < -0.39 is 0 Å². The van der Waals surface area contributed by atoms with E-state index in [1.54, 1.807) is 30.2 Å². The van der Waals surface area contributed by atoms with Gasteiger partial charge >= 0.3 is 0 Å². The Morgan fingerprint density at radius 3 is 2.80 bits per heavy atom. The highest BCUT2D eigenvalue weighted by molar-refractivity contribution is 7.98. The zero-order valence-corrected chi connectivity index (χ0v) is 16.5. The number of aromatic nitrogens is 4. The van der Waals surface area contributed by atoms with Crippen molar-refractivity contribution in [3.05, 3.63) is 40.3 Å². The molecule has 5 nitrogen and oxygen atoms in total. The molecule has 3 rings (SSSR count). The number of nitrogens with zero attached hydrogens (tertiary/aromatic N) is 4. The molecule has 0 spiro atoms. The van der Waals surface area contributed by atoms with Crippen molar-refractivity contribution in [3.63, 3.8) is 0 Å². The second-order valence-corrected chi connectivity index (χ2v) is 7.74. The number of hydrogen-bond donors (Lipinski definition) is 0. The van der Waals surface area contributed by atoms with E-state index in [2.05, 4.69) is 40.9 Å². The van der Waals surface area contributed by atoms with Crippen LogP contribution in [-0.4, -0.2) is 26.9 Å². The molecule has 0 aliphatic rings. The first-order chi connectivity index (χ1) is 12.1. The van der Waals surface area contributed by atoms with Crippen molar-refractivity contribution < 1.29 is 4.74 Å². The van der Waals surface area contributed by atoms with Gasteiger partial charge in [-0.25, -0.2) is 4.98 Å². The minimum atomic E-state index is 0.475. The first-order valence-corrected chi connectivity index (χ1v) is 10.1. The quantitative estimate of drug-likeness (QED) is 0.554. The van der Waals surface area contributed by atoms with Crippen molar-refractivity contribution in [2.45, 2.75) is 44.1 Å². The molecule has 132 valence electrons. The molecule has 0 saturated carbocycles. The summed E-state index contributed by atoms with van der Waals surface area (Å²) in [6.07, 6.45) is 0. The van der Waals surface area contributed by atoms with Crippen molar-refractivity contribution in [1.29, 1.82) is 0 Å². The first kappa shape index (κ1) is 17.9. The molecule has 0 amide bonds. The van der Waals surface area contributed by atoms with Crippen molar-refractivity contribution in [2.24, 2.45) is 0 Å². The largest absolute Gasteiger partial charge is 0.497 e. The Balaban J connectivity index is 1.79. The van der Waals surface area contributed by atoms with Gasteiger partial charge in [-0.3, -0.25) is 0 Å². The summed E-state index contributed by atoms with van der Waals surface area (Å²) in [6.45, 7) is 7.26. The molecule has 0 saturated heterocycles. The van der Waals surface area contributed by atoms with Gasteiger partial charge in [0.2, 0.25) is 0 Å². The highest BCUT2D eigenvalue weighted by atomic mass is 32.2. The molecular weight excluding hydrogens is 352 g/mol. The van der Waals surface area contributed by atoms with Gasteiger partial charge in [-0.1, -0.05) is 37.7 Å². The van der Waals surface area contributed by atoms with Crippen LogP contribution in [0.15, 0.2) is 34.8 Å². The SMILES string of the molecule is CCn1c(SCc2csc(C(C)C)n2)nnc1-c1cccc(OC)c1. The minimum absolute atomic E-state index is 0.475. The molecule has 0 radical (unpaired) electrons. The van der Waals surface area contributed by atoms with Crippen LogP contribution in [-0.2, 0) is 12.3 Å². The van der Waals surface area contributed by atoms with Crippen LogP contribution < -0.4 is 4.74 Å². The van der Waals surface area contributed by atoms with Crippen LogP contribution in [0, 0.1) is 0 Å². The number of rotatable bonds is 7. The smallest absolute Gasteiger partial charge is 0.191 e.